The molecule has 0 aliphatic carbocycles. The molecule has 3 rings (SSSR count). The van der Waals surface area contributed by atoms with E-state index in [9.17, 15) is 14.4 Å². The van der Waals surface area contributed by atoms with E-state index in [1.807, 2.05) is 49.9 Å². The van der Waals surface area contributed by atoms with E-state index in [0.29, 0.717) is 38.3 Å². The minimum absolute atomic E-state index is 0.0348. The van der Waals surface area contributed by atoms with Crippen LogP contribution >= 0.6 is 0 Å². The maximum absolute atomic E-state index is 12.5. The molecule has 1 heterocycles. The summed E-state index contributed by atoms with van der Waals surface area (Å²) in [6.45, 7) is 9.13. The molecule has 3 amide bonds. The molecule has 1 saturated heterocycles. The standard InChI is InChI=1S/C24H31N5O3/c1-17-6-4-9-20(14-17)24(32)27-26-22(31)16-29-12-10-28(11-13-29)15-21(30)25-23-18(2)7-5-8-19(23)3/h4-9,14H,10-13,15-16H2,1-3H3,(H,25,30)(H,26,31)(H,27,32). The van der Waals surface area contributed by atoms with Crippen LogP contribution in [-0.2, 0) is 9.59 Å². The molecule has 0 atom stereocenters. The van der Waals surface area contributed by atoms with Crippen LogP contribution in [0, 0.1) is 20.8 Å². The molecule has 1 aliphatic rings. The number of amides is 3. The van der Waals surface area contributed by atoms with Crippen molar-refractivity contribution in [3.8, 4) is 0 Å². The van der Waals surface area contributed by atoms with Crippen molar-refractivity contribution in [1.82, 2.24) is 20.7 Å². The van der Waals surface area contributed by atoms with Gasteiger partial charge in [0.2, 0.25) is 5.91 Å². The second-order valence-electron chi connectivity index (χ2n) is 8.24. The molecule has 0 bridgehead atoms. The highest BCUT2D eigenvalue weighted by Crippen LogP contribution is 2.19. The first-order valence-electron chi connectivity index (χ1n) is 10.8. The molecule has 0 saturated carbocycles. The van der Waals surface area contributed by atoms with Crippen molar-refractivity contribution in [1.29, 1.82) is 0 Å². The van der Waals surface area contributed by atoms with Crippen LogP contribution in [0.2, 0.25) is 0 Å². The van der Waals surface area contributed by atoms with Gasteiger partial charge in [-0.05, 0) is 44.0 Å². The zero-order valence-corrected chi connectivity index (χ0v) is 18.9. The van der Waals surface area contributed by atoms with Gasteiger partial charge in [0.05, 0.1) is 13.1 Å². The second kappa shape index (κ2) is 10.9. The Kier molecular flexibility index (Phi) is 7.97. The summed E-state index contributed by atoms with van der Waals surface area (Å²) in [5.41, 5.74) is 9.37. The first-order chi connectivity index (χ1) is 15.3. The van der Waals surface area contributed by atoms with E-state index in [1.54, 1.807) is 18.2 Å². The molecule has 3 N–H and O–H groups in total. The van der Waals surface area contributed by atoms with Crippen molar-refractivity contribution in [3.05, 3.63) is 64.7 Å². The molecule has 0 spiro atoms. The molecule has 2 aromatic carbocycles. The minimum Gasteiger partial charge on any atom is -0.324 e. The predicted octanol–water partition coefficient (Wildman–Crippen LogP) is 1.63. The average Bonchev–Trinajstić information content (AvgIpc) is 2.76. The highest BCUT2D eigenvalue weighted by Gasteiger charge is 2.21. The van der Waals surface area contributed by atoms with Crippen molar-refractivity contribution in [2.24, 2.45) is 0 Å². The molecule has 2 aromatic rings. The maximum atomic E-state index is 12.5. The van der Waals surface area contributed by atoms with E-state index in [1.165, 1.54) is 0 Å². The number of carbonyl (C=O) groups is 3. The molecule has 0 aromatic heterocycles. The summed E-state index contributed by atoms with van der Waals surface area (Å²) in [6, 6.07) is 13.1. The number of hydrogen-bond acceptors (Lipinski definition) is 5. The number of hydrazine groups is 1. The summed E-state index contributed by atoms with van der Waals surface area (Å²) in [4.78, 5) is 40.9. The fourth-order valence-electron chi connectivity index (χ4n) is 3.73. The van der Waals surface area contributed by atoms with Gasteiger partial charge in [-0.25, -0.2) is 0 Å². The van der Waals surface area contributed by atoms with Crippen LogP contribution in [0.5, 0.6) is 0 Å². The summed E-state index contributed by atoms with van der Waals surface area (Å²) in [5.74, 6) is -0.651. The Bertz CT molecular complexity index is 963. The van der Waals surface area contributed by atoms with Crippen LogP contribution < -0.4 is 16.2 Å². The lowest BCUT2D eigenvalue weighted by Gasteiger charge is -2.33. The number of benzene rings is 2. The monoisotopic (exact) mass is 437 g/mol. The molecular weight excluding hydrogens is 406 g/mol. The fraction of sp³-hybridized carbons (Fsp3) is 0.375. The van der Waals surface area contributed by atoms with E-state index < -0.39 is 0 Å². The maximum Gasteiger partial charge on any atom is 0.269 e. The molecule has 1 fully saturated rings. The van der Waals surface area contributed by atoms with Crippen LogP contribution in [0.15, 0.2) is 42.5 Å². The SMILES string of the molecule is Cc1cccc(C(=O)NNC(=O)CN2CCN(CC(=O)Nc3c(C)cccc3C)CC2)c1. The van der Waals surface area contributed by atoms with Crippen LogP contribution in [0.3, 0.4) is 0 Å². The number of nitrogens with zero attached hydrogens (tertiary/aromatic N) is 2. The summed E-state index contributed by atoms with van der Waals surface area (Å²) >= 11 is 0. The highest BCUT2D eigenvalue weighted by atomic mass is 16.2. The Morgan fingerprint density at radius 1 is 0.781 bits per heavy atom. The first-order valence-corrected chi connectivity index (χ1v) is 10.8. The predicted molar refractivity (Wildman–Crippen MR) is 124 cm³/mol. The topological polar surface area (TPSA) is 93.8 Å². The van der Waals surface area contributed by atoms with Gasteiger partial charge in [-0.1, -0.05) is 35.9 Å². The van der Waals surface area contributed by atoms with E-state index in [-0.39, 0.29) is 24.3 Å². The van der Waals surface area contributed by atoms with Crippen LogP contribution in [0.1, 0.15) is 27.0 Å². The van der Waals surface area contributed by atoms with Gasteiger partial charge in [0, 0.05) is 37.4 Å². The van der Waals surface area contributed by atoms with Crippen molar-refractivity contribution >= 4 is 23.4 Å². The third kappa shape index (κ3) is 6.63. The average molecular weight is 438 g/mol. The number of anilines is 1. The van der Waals surface area contributed by atoms with Gasteiger partial charge < -0.3 is 5.32 Å². The zero-order chi connectivity index (χ0) is 23.1. The third-order valence-electron chi connectivity index (χ3n) is 5.54. The van der Waals surface area contributed by atoms with Crippen LogP contribution in [0.4, 0.5) is 5.69 Å². The van der Waals surface area contributed by atoms with Gasteiger partial charge in [-0.2, -0.15) is 0 Å². The number of para-hydroxylation sites is 1. The summed E-state index contributed by atoms with van der Waals surface area (Å²) < 4.78 is 0. The number of carbonyl (C=O) groups excluding carboxylic acids is 3. The molecule has 0 radical (unpaired) electrons. The molecule has 170 valence electrons. The van der Waals surface area contributed by atoms with Crippen LogP contribution in [-0.4, -0.2) is 66.8 Å². The lowest BCUT2D eigenvalue weighted by molar-refractivity contribution is -0.124. The molecular formula is C24H31N5O3. The van der Waals surface area contributed by atoms with Crippen molar-refractivity contribution in [3.63, 3.8) is 0 Å². The number of hydrogen-bond donors (Lipinski definition) is 3. The van der Waals surface area contributed by atoms with Gasteiger partial charge in [0.1, 0.15) is 0 Å². The first kappa shape index (κ1) is 23.4. The Hall–Kier alpha value is -3.23. The molecule has 8 heteroatoms. The minimum atomic E-state index is -0.346. The summed E-state index contributed by atoms with van der Waals surface area (Å²) in [7, 11) is 0. The van der Waals surface area contributed by atoms with Gasteiger partial charge in [0.15, 0.2) is 0 Å². The summed E-state index contributed by atoms with van der Waals surface area (Å²) in [6.07, 6.45) is 0. The largest absolute Gasteiger partial charge is 0.324 e. The number of nitrogens with one attached hydrogen (secondary N) is 3. The van der Waals surface area contributed by atoms with Gasteiger partial charge in [-0.3, -0.25) is 35.0 Å². The van der Waals surface area contributed by atoms with E-state index in [0.717, 1.165) is 22.4 Å². The van der Waals surface area contributed by atoms with Crippen molar-refractivity contribution < 1.29 is 14.4 Å². The van der Waals surface area contributed by atoms with Crippen molar-refractivity contribution in [2.75, 3.05) is 44.6 Å². The number of piperazine rings is 1. The Morgan fingerprint density at radius 3 is 1.94 bits per heavy atom. The lowest BCUT2D eigenvalue weighted by Crippen LogP contribution is -2.52. The van der Waals surface area contributed by atoms with Crippen LogP contribution in [0.25, 0.3) is 0 Å². The molecule has 8 nitrogen and oxygen atoms in total. The van der Waals surface area contributed by atoms with Crippen molar-refractivity contribution in [2.45, 2.75) is 20.8 Å². The highest BCUT2D eigenvalue weighted by molar-refractivity contribution is 5.95. The Labute approximate surface area is 188 Å². The summed E-state index contributed by atoms with van der Waals surface area (Å²) in [5, 5.41) is 3.01. The normalized spacial score (nSPS) is 14.6. The molecule has 1 aliphatic heterocycles. The third-order valence-corrected chi connectivity index (χ3v) is 5.54. The van der Waals surface area contributed by atoms with E-state index >= 15 is 0 Å². The Morgan fingerprint density at radius 2 is 1.34 bits per heavy atom. The van der Waals surface area contributed by atoms with Gasteiger partial charge in [0.25, 0.3) is 11.8 Å². The van der Waals surface area contributed by atoms with Gasteiger partial charge >= 0.3 is 0 Å². The quantitative estimate of drug-likeness (QED) is 0.598. The number of aryl methyl sites for hydroxylation is 3. The molecule has 0 unspecified atom stereocenters. The Balaban J connectivity index is 1.37. The number of rotatable bonds is 6. The smallest absolute Gasteiger partial charge is 0.269 e. The zero-order valence-electron chi connectivity index (χ0n) is 18.9. The molecule has 32 heavy (non-hydrogen) atoms. The van der Waals surface area contributed by atoms with Gasteiger partial charge in [-0.15, -0.1) is 0 Å². The lowest BCUT2D eigenvalue weighted by atomic mass is 10.1. The van der Waals surface area contributed by atoms with E-state index in [4.69, 9.17) is 0 Å². The fourth-order valence-corrected chi connectivity index (χ4v) is 3.73. The second-order valence-corrected chi connectivity index (χ2v) is 8.24. The van der Waals surface area contributed by atoms with E-state index in [2.05, 4.69) is 21.1 Å².